The summed E-state index contributed by atoms with van der Waals surface area (Å²) in [5, 5.41) is 0. The van der Waals surface area contributed by atoms with Gasteiger partial charge in [0.05, 0.1) is 27.2 Å². The predicted molar refractivity (Wildman–Crippen MR) is 120 cm³/mol. The first-order valence-corrected chi connectivity index (χ1v) is 11.0. The summed E-state index contributed by atoms with van der Waals surface area (Å²) in [6.07, 6.45) is 2.06. The third-order valence-corrected chi connectivity index (χ3v) is 6.52. The fourth-order valence-electron chi connectivity index (χ4n) is 4.75. The van der Waals surface area contributed by atoms with E-state index in [2.05, 4.69) is 0 Å². The van der Waals surface area contributed by atoms with E-state index in [0.717, 1.165) is 31.5 Å². The van der Waals surface area contributed by atoms with Crippen LogP contribution >= 0.6 is 0 Å². The standard InChI is InChI=1S/C25H30N2O5/c1-30-18-8-6-17(7-9-18)24(28)27-15-21(20-11-10-19(31-2)14-23(20)32-3)22(16-27)25(29)26-12-4-5-13-26/h6-11,14,21-22H,4-5,12-13,15-16H2,1-3H3/t21-,22-/m0/s1. The molecule has 2 heterocycles. The predicted octanol–water partition coefficient (Wildman–Crippen LogP) is 3.19. The molecule has 2 aliphatic rings. The van der Waals surface area contributed by atoms with Crippen molar-refractivity contribution in [3.63, 3.8) is 0 Å². The Morgan fingerprint density at radius 2 is 1.47 bits per heavy atom. The van der Waals surface area contributed by atoms with Crippen molar-refractivity contribution in [2.75, 3.05) is 47.5 Å². The molecule has 32 heavy (non-hydrogen) atoms. The number of likely N-dealkylation sites (tertiary alicyclic amines) is 2. The van der Waals surface area contributed by atoms with Crippen LogP contribution in [0.5, 0.6) is 17.2 Å². The van der Waals surface area contributed by atoms with Gasteiger partial charge in [-0.3, -0.25) is 9.59 Å². The van der Waals surface area contributed by atoms with Crippen LogP contribution in [-0.4, -0.2) is 69.1 Å². The number of carbonyl (C=O) groups is 2. The number of methoxy groups -OCH3 is 3. The molecule has 2 atom stereocenters. The zero-order chi connectivity index (χ0) is 22.7. The van der Waals surface area contributed by atoms with E-state index in [1.807, 2.05) is 23.1 Å². The minimum atomic E-state index is -0.308. The second-order valence-corrected chi connectivity index (χ2v) is 8.29. The first-order chi connectivity index (χ1) is 15.5. The van der Waals surface area contributed by atoms with Gasteiger partial charge in [-0.2, -0.15) is 0 Å². The van der Waals surface area contributed by atoms with Crippen LogP contribution in [0, 0.1) is 5.92 Å². The molecule has 2 aliphatic heterocycles. The highest BCUT2D eigenvalue weighted by atomic mass is 16.5. The largest absolute Gasteiger partial charge is 0.497 e. The molecule has 2 aromatic carbocycles. The summed E-state index contributed by atoms with van der Waals surface area (Å²) in [5.74, 6) is 1.65. The van der Waals surface area contributed by atoms with Crippen LogP contribution in [0.15, 0.2) is 42.5 Å². The maximum Gasteiger partial charge on any atom is 0.253 e. The van der Waals surface area contributed by atoms with Crippen LogP contribution in [0.1, 0.15) is 34.7 Å². The molecule has 4 rings (SSSR count). The Kier molecular flexibility index (Phi) is 6.53. The monoisotopic (exact) mass is 438 g/mol. The Bertz CT molecular complexity index is 969. The molecule has 0 aromatic heterocycles. The molecule has 2 aromatic rings. The fourth-order valence-corrected chi connectivity index (χ4v) is 4.75. The molecule has 0 N–H and O–H groups in total. The molecule has 2 fully saturated rings. The van der Waals surface area contributed by atoms with Gasteiger partial charge in [-0.1, -0.05) is 6.07 Å². The molecule has 0 unspecified atom stereocenters. The number of rotatable bonds is 6. The molecule has 0 radical (unpaired) electrons. The number of amides is 2. The Morgan fingerprint density at radius 3 is 2.09 bits per heavy atom. The van der Waals surface area contributed by atoms with Gasteiger partial charge in [-0.25, -0.2) is 0 Å². The highest BCUT2D eigenvalue weighted by Gasteiger charge is 2.43. The molecule has 2 amide bonds. The Labute approximate surface area is 188 Å². The zero-order valence-electron chi connectivity index (χ0n) is 18.9. The molecule has 0 aliphatic carbocycles. The van der Waals surface area contributed by atoms with E-state index in [1.165, 1.54) is 0 Å². The van der Waals surface area contributed by atoms with Crippen LogP contribution in [-0.2, 0) is 4.79 Å². The number of hydrogen-bond donors (Lipinski definition) is 0. The van der Waals surface area contributed by atoms with Gasteiger partial charge in [0, 0.05) is 49.3 Å². The SMILES string of the molecule is COc1ccc(C(=O)N2C[C@H](C(=O)N3CCCC3)[C@H](c3ccc(OC)cc3OC)C2)cc1. The van der Waals surface area contributed by atoms with E-state index in [-0.39, 0.29) is 23.7 Å². The maximum atomic E-state index is 13.4. The molecule has 2 saturated heterocycles. The Morgan fingerprint density at radius 1 is 0.812 bits per heavy atom. The van der Waals surface area contributed by atoms with Gasteiger partial charge in [0.2, 0.25) is 5.91 Å². The van der Waals surface area contributed by atoms with Gasteiger partial charge in [0.25, 0.3) is 5.91 Å². The van der Waals surface area contributed by atoms with Crippen molar-refractivity contribution in [1.82, 2.24) is 9.80 Å². The number of ether oxygens (including phenoxy) is 3. The van der Waals surface area contributed by atoms with E-state index >= 15 is 0 Å². The first kappa shape index (κ1) is 22.0. The summed E-state index contributed by atoms with van der Waals surface area (Å²) >= 11 is 0. The number of nitrogens with zero attached hydrogens (tertiary/aromatic N) is 2. The third-order valence-electron chi connectivity index (χ3n) is 6.52. The second-order valence-electron chi connectivity index (χ2n) is 8.29. The van der Waals surface area contributed by atoms with Gasteiger partial charge < -0.3 is 24.0 Å². The smallest absolute Gasteiger partial charge is 0.253 e. The summed E-state index contributed by atoms with van der Waals surface area (Å²) in [5.41, 5.74) is 1.51. The zero-order valence-corrected chi connectivity index (χ0v) is 18.9. The lowest BCUT2D eigenvalue weighted by molar-refractivity contribution is -0.134. The van der Waals surface area contributed by atoms with E-state index in [4.69, 9.17) is 14.2 Å². The van der Waals surface area contributed by atoms with Gasteiger partial charge in [0.15, 0.2) is 0 Å². The summed E-state index contributed by atoms with van der Waals surface area (Å²) in [6.45, 7) is 2.42. The molecule has 0 spiro atoms. The van der Waals surface area contributed by atoms with Crippen LogP contribution in [0.25, 0.3) is 0 Å². The lowest BCUT2D eigenvalue weighted by atomic mass is 9.87. The molecular weight excluding hydrogens is 408 g/mol. The highest BCUT2D eigenvalue weighted by molar-refractivity contribution is 5.95. The van der Waals surface area contributed by atoms with Crippen molar-refractivity contribution in [3.05, 3.63) is 53.6 Å². The third kappa shape index (κ3) is 4.24. The van der Waals surface area contributed by atoms with Crippen molar-refractivity contribution in [1.29, 1.82) is 0 Å². The van der Waals surface area contributed by atoms with E-state index in [9.17, 15) is 9.59 Å². The summed E-state index contributed by atoms with van der Waals surface area (Å²) in [7, 11) is 4.82. The minimum absolute atomic E-state index is 0.0816. The van der Waals surface area contributed by atoms with Crippen molar-refractivity contribution in [2.45, 2.75) is 18.8 Å². The number of hydrogen-bond acceptors (Lipinski definition) is 5. The van der Waals surface area contributed by atoms with Crippen LogP contribution < -0.4 is 14.2 Å². The quantitative estimate of drug-likeness (QED) is 0.693. The highest BCUT2D eigenvalue weighted by Crippen LogP contribution is 2.40. The van der Waals surface area contributed by atoms with Crippen molar-refractivity contribution < 1.29 is 23.8 Å². The Balaban J connectivity index is 1.64. The van der Waals surface area contributed by atoms with E-state index in [0.29, 0.717) is 35.9 Å². The van der Waals surface area contributed by atoms with Gasteiger partial charge in [-0.05, 0) is 43.2 Å². The molecule has 170 valence electrons. The van der Waals surface area contributed by atoms with E-state index < -0.39 is 0 Å². The second kappa shape index (κ2) is 9.51. The normalized spacial score (nSPS) is 20.3. The van der Waals surface area contributed by atoms with Crippen molar-refractivity contribution >= 4 is 11.8 Å². The van der Waals surface area contributed by atoms with Gasteiger partial charge in [0.1, 0.15) is 17.2 Å². The average molecular weight is 439 g/mol. The summed E-state index contributed by atoms with van der Waals surface area (Å²) in [4.78, 5) is 30.5. The van der Waals surface area contributed by atoms with Crippen LogP contribution in [0.3, 0.4) is 0 Å². The molecule has 0 bridgehead atoms. The molecule has 7 heteroatoms. The van der Waals surface area contributed by atoms with Crippen LogP contribution in [0.2, 0.25) is 0 Å². The lowest BCUT2D eigenvalue weighted by Gasteiger charge is -2.25. The fraction of sp³-hybridized carbons (Fsp3) is 0.440. The molecule has 7 nitrogen and oxygen atoms in total. The number of benzene rings is 2. The van der Waals surface area contributed by atoms with E-state index in [1.54, 1.807) is 50.5 Å². The summed E-state index contributed by atoms with van der Waals surface area (Å²) in [6, 6.07) is 12.7. The Hall–Kier alpha value is -3.22. The van der Waals surface area contributed by atoms with Gasteiger partial charge in [-0.15, -0.1) is 0 Å². The van der Waals surface area contributed by atoms with Gasteiger partial charge >= 0.3 is 0 Å². The average Bonchev–Trinajstić information content (AvgIpc) is 3.53. The number of carbonyl (C=O) groups excluding carboxylic acids is 2. The minimum Gasteiger partial charge on any atom is -0.497 e. The summed E-state index contributed by atoms with van der Waals surface area (Å²) < 4.78 is 16.2. The lowest BCUT2D eigenvalue weighted by Crippen LogP contribution is -2.37. The van der Waals surface area contributed by atoms with Crippen molar-refractivity contribution in [3.8, 4) is 17.2 Å². The maximum absolute atomic E-state index is 13.4. The molecular formula is C25H30N2O5. The van der Waals surface area contributed by atoms with Crippen LogP contribution in [0.4, 0.5) is 0 Å². The molecule has 0 saturated carbocycles. The topological polar surface area (TPSA) is 68.3 Å². The van der Waals surface area contributed by atoms with Crippen molar-refractivity contribution in [2.24, 2.45) is 5.92 Å². The first-order valence-electron chi connectivity index (χ1n) is 11.0.